The largest absolute Gasteiger partial charge is 0.543 e. The molecule has 1 atom stereocenters. The van der Waals surface area contributed by atoms with Gasteiger partial charge in [0.25, 0.3) is 0 Å². The maximum atomic E-state index is 12.3. The molecular formula is C21H22N2O6-2. The van der Waals surface area contributed by atoms with Crippen LogP contribution in [0.25, 0.3) is 0 Å². The van der Waals surface area contributed by atoms with Crippen molar-refractivity contribution in [2.24, 2.45) is 0 Å². The summed E-state index contributed by atoms with van der Waals surface area (Å²) < 4.78 is 6.02. The molecule has 1 aliphatic rings. The normalized spacial score (nSPS) is 15.7. The second-order valence-corrected chi connectivity index (χ2v) is 6.55. The van der Waals surface area contributed by atoms with Gasteiger partial charge in [-0.25, -0.2) is 0 Å². The van der Waals surface area contributed by atoms with Crippen LogP contribution >= 0.6 is 0 Å². The van der Waals surface area contributed by atoms with Gasteiger partial charge in [-0.15, -0.1) is 0 Å². The lowest BCUT2D eigenvalue weighted by molar-refractivity contribution is -0.345. The quantitative estimate of drug-likeness (QED) is 0.667. The van der Waals surface area contributed by atoms with Crippen molar-refractivity contribution in [3.63, 3.8) is 0 Å². The molecule has 8 heteroatoms. The van der Waals surface area contributed by atoms with Crippen molar-refractivity contribution in [2.45, 2.75) is 19.4 Å². The number of rotatable bonds is 4. The Morgan fingerprint density at radius 3 is 2.10 bits per heavy atom. The van der Waals surface area contributed by atoms with Crippen molar-refractivity contribution in [2.75, 3.05) is 25.0 Å². The van der Waals surface area contributed by atoms with Crippen molar-refractivity contribution in [1.29, 1.82) is 0 Å². The number of benzene rings is 2. The molecule has 2 aromatic rings. The van der Waals surface area contributed by atoms with Gasteiger partial charge in [0.15, 0.2) is 5.75 Å². The summed E-state index contributed by atoms with van der Waals surface area (Å²) in [5.74, 6) is -2.84. The molecular weight excluding hydrogens is 376 g/mol. The van der Waals surface area contributed by atoms with Crippen LogP contribution in [0.3, 0.4) is 0 Å². The first-order chi connectivity index (χ1) is 13.8. The summed E-state index contributed by atoms with van der Waals surface area (Å²) in [5.41, 5.74) is 0.837. The number of aliphatic carboxylic acids is 2. The monoisotopic (exact) mass is 398 g/mol. The van der Waals surface area contributed by atoms with Gasteiger partial charge in [0, 0.05) is 13.5 Å². The number of likely N-dealkylation sites (N-methyl/N-ethyl adjacent to an activating group) is 1. The number of carboxylic acid groups (broad SMARTS) is 2. The second-order valence-electron chi connectivity index (χ2n) is 6.55. The number of para-hydroxylation sites is 3. The molecule has 1 heterocycles. The zero-order valence-corrected chi connectivity index (χ0v) is 16.2. The molecule has 0 bridgehead atoms. The Hall–Kier alpha value is -3.39. The van der Waals surface area contributed by atoms with Crippen molar-refractivity contribution in [3.8, 4) is 11.5 Å². The topological polar surface area (TPSA) is 113 Å². The third-order valence-corrected chi connectivity index (χ3v) is 4.33. The minimum Gasteiger partial charge on any atom is -0.543 e. The minimum atomic E-state index is -2.19. The standard InChI is InChI=1S/C19H22N2O2.C2H2O4/c1-15(22)21(16-12-13-20(2)14-16)18-10-6-7-11-19(18)23-17-8-4-3-5-9-17;3-1(4)2(5)6/h3-11,16H,12-14H2,1-2H3;(H,3,4)(H,5,6)/p-2. The van der Waals surface area contributed by atoms with E-state index in [9.17, 15) is 4.79 Å². The number of carbonyl (C=O) groups excluding carboxylic acids is 3. The van der Waals surface area contributed by atoms with Gasteiger partial charge < -0.3 is 34.3 Å². The zero-order valence-electron chi connectivity index (χ0n) is 16.2. The Morgan fingerprint density at radius 1 is 1.00 bits per heavy atom. The average Bonchev–Trinajstić information content (AvgIpc) is 3.10. The van der Waals surface area contributed by atoms with Crippen LogP contribution in [0.2, 0.25) is 0 Å². The smallest absolute Gasteiger partial charge is 0.224 e. The van der Waals surface area contributed by atoms with Gasteiger partial charge in [-0.1, -0.05) is 30.3 Å². The molecule has 1 fully saturated rings. The highest BCUT2D eigenvalue weighted by atomic mass is 16.5. The van der Waals surface area contributed by atoms with E-state index in [1.165, 1.54) is 0 Å². The van der Waals surface area contributed by atoms with Crippen LogP contribution < -0.4 is 19.8 Å². The fourth-order valence-corrected chi connectivity index (χ4v) is 3.10. The summed E-state index contributed by atoms with van der Waals surface area (Å²) in [6.45, 7) is 3.52. The second kappa shape index (κ2) is 10.2. The molecule has 1 amide bonds. The number of hydrogen-bond donors (Lipinski definition) is 0. The molecule has 0 radical (unpaired) electrons. The Bertz CT molecular complexity index is 843. The van der Waals surface area contributed by atoms with E-state index in [1.807, 2.05) is 59.5 Å². The average molecular weight is 398 g/mol. The van der Waals surface area contributed by atoms with E-state index in [2.05, 4.69) is 11.9 Å². The number of carboxylic acids is 2. The third-order valence-electron chi connectivity index (χ3n) is 4.33. The molecule has 8 nitrogen and oxygen atoms in total. The number of anilines is 1. The van der Waals surface area contributed by atoms with Gasteiger partial charge >= 0.3 is 0 Å². The van der Waals surface area contributed by atoms with Crippen LogP contribution in [0.4, 0.5) is 5.69 Å². The van der Waals surface area contributed by atoms with Crippen molar-refractivity contribution in [3.05, 3.63) is 54.6 Å². The van der Waals surface area contributed by atoms with E-state index in [4.69, 9.17) is 24.5 Å². The fraction of sp³-hybridized carbons (Fsp3) is 0.286. The number of hydrogen-bond acceptors (Lipinski definition) is 7. The summed E-state index contributed by atoms with van der Waals surface area (Å²) in [7, 11) is 2.09. The highest BCUT2D eigenvalue weighted by molar-refractivity contribution is 6.25. The molecule has 0 aromatic heterocycles. The van der Waals surface area contributed by atoms with Crippen LogP contribution in [-0.2, 0) is 14.4 Å². The summed E-state index contributed by atoms with van der Waals surface area (Å²) in [5, 5.41) is 17.9. The number of ether oxygens (including phenoxy) is 1. The van der Waals surface area contributed by atoms with E-state index in [-0.39, 0.29) is 11.9 Å². The Morgan fingerprint density at radius 2 is 1.59 bits per heavy atom. The van der Waals surface area contributed by atoms with Crippen LogP contribution in [-0.4, -0.2) is 48.9 Å². The van der Waals surface area contributed by atoms with Gasteiger partial charge in [-0.2, -0.15) is 0 Å². The summed E-state index contributed by atoms with van der Waals surface area (Å²) in [6, 6.07) is 17.6. The van der Waals surface area contributed by atoms with E-state index in [0.29, 0.717) is 5.75 Å². The van der Waals surface area contributed by atoms with Gasteiger partial charge in [0.05, 0.1) is 23.7 Å². The van der Waals surface area contributed by atoms with Gasteiger partial charge in [0.2, 0.25) is 5.91 Å². The number of carbonyl (C=O) groups is 3. The van der Waals surface area contributed by atoms with E-state index < -0.39 is 11.9 Å². The summed E-state index contributed by atoms with van der Waals surface area (Å²) >= 11 is 0. The first kappa shape index (κ1) is 21.9. The lowest BCUT2D eigenvalue weighted by atomic mass is 10.1. The SMILES string of the molecule is CC(=O)N(c1ccccc1Oc1ccccc1)C1CCN(C)C1.O=C([O-])C(=O)[O-]. The molecule has 0 aliphatic carbocycles. The van der Waals surface area contributed by atoms with Crippen LogP contribution in [0.15, 0.2) is 54.6 Å². The van der Waals surface area contributed by atoms with Gasteiger partial charge in [-0.05, 0) is 44.3 Å². The summed E-state index contributed by atoms with van der Waals surface area (Å²) in [4.78, 5) is 34.3. The highest BCUT2D eigenvalue weighted by Gasteiger charge is 2.30. The lowest BCUT2D eigenvalue weighted by Crippen LogP contribution is -2.42. The predicted octanol–water partition coefficient (Wildman–Crippen LogP) is 0.0221. The zero-order chi connectivity index (χ0) is 21.4. The van der Waals surface area contributed by atoms with Crippen molar-refractivity contribution >= 4 is 23.5 Å². The van der Waals surface area contributed by atoms with E-state index in [0.717, 1.165) is 30.9 Å². The molecule has 2 aromatic carbocycles. The summed E-state index contributed by atoms with van der Waals surface area (Å²) in [6.07, 6.45) is 0.982. The lowest BCUT2D eigenvalue weighted by Gasteiger charge is -2.29. The third kappa shape index (κ3) is 6.32. The molecule has 3 rings (SSSR count). The fourth-order valence-electron chi connectivity index (χ4n) is 3.10. The van der Waals surface area contributed by atoms with Crippen molar-refractivity contribution in [1.82, 2.24) is 4.90 Å². The Kier molecular flexibility index (Phi) is 7.73. The van der Waals surface area contributed by atoms with E-state index in [1.54, 1.807) is 6.92 Å². The molecule has 1 saturated heterocycles. The predicted molar refractivity (Wildman–Crippen MR) is 102 cm³/mol. The first-order valence-corrected chi connectivity index (χ1v) is 9.02. The maximum Gasteiger partial charge on any atom is 0.224 e. The first-order valence-electron chi connectivity index (χ1n) is 9.02. The highest BCUT2D eigenvalue weighted by Crippen LogP contribution is 2.34. The Labute approximate surface area is 168 Å². The van der Waals surface area contributed by atoms with Gasteiger partial charge in [-0.3, -0.25) is 4.79 Å². The number of nitrogens with zero attached hydrogens (tertiary/aromatic N) is 2. The van der Waals surface area contributed by atoms with E-state index >= 15 is 0 Å². The molecule has 0 saturated carbocycles. The maximum absolute atomic E-state index is 12.3. The van der Waals surface area contributed by atoms with Gasteiger partial charge in [0.1, 0.15) is 5.75 Å². The molecule has 1 aliphatic heterocycles. The number of likely N-dealkylation sites (tertiary alicyclic amines) is 1. The molecule has 29 heavy (non-hydrogen) atoms. The van der Waals surface area contributed by atoms with Crippen LogP contribution in [0, 0.1) is 0 Å². The van der Waals surface area contributed by atoms with Crippen LogP contribution in [0.5, 0.6) is 11.5 Å². The van der Waals surface area contributed by atoms with Crippen LogP contribution in [0.1, 0.15) is 13.3 Å². The molecule has 0 spiro atoms. The molecule has 1 unspecified atom stereocenters. The number of amides is 1. The van der Waals surface area contributed by atoms with Crippen molar-refractivity contribution < 1.29 is 29.3 Å². The Balaban J connectivity index is 0.000000438. The molecule has 154 valence electrons. The minimum absolute atomic E-state index is 0.0504. The molecule has 0 N–H and O–H groups in total.